The monoisotopic (exact) mass is 337 g/mol. The summed E-state index contributed by atoms with van der Waals surface area (Å²) in [5.74, 6) is -0.0000431. The highest BCUT2D eigenvalue weighted by molar-refractivity contribution is 9.09. The number of alkyl halides is 1. The van der Waals surface area contributed by atoms with Crippen LogP contribution in [0.5, 0.6) is 5.75 Å². The molecule has 1 aromatic heterocycles. The molecule has 0 radical (unpaired) electrons. The number of halogens is 1. The molecule has 2 rings (SSSR count). The van der Waals surface area contributed by atoms with E-state index in [1.54, 1.807) is 25.3 Å². The van der Waals surface area contributed by atoms with Crippen molar-refractivity contribution in [2.45, 2.75) is 31.2 Å². The number of rotatable bonds is 5. The van der Waals surface area contributed by atoms with Gasteiger partial charge in [0.2, 0.25) is 0 Å². The predicted octanol–water partition coefficient (Wildman–Crippen LogP) is 3.55. The summed E-state index contributed by atoms with van der Waals surface area (Å²) in [6.07, 6.45) is 3.28. The Labute approximate surface area is 125 Å². The van der Waals surface area contributed by atoms with Crippen molar-refractivity contribution >= 4 is 32.8 Å². The number of pyridine rings is 1. The van der Waals surface area contributed by atoms with Crippen LogP contribution < -0.4 is 0 Å². The number of hydrogen-bond acceptors (Lipinski definition) is 4. The Balaban J connectivity index is 2.06. The van der Waals surface area contributed by atoms with Gasteiger partial charge in [-0.1, -0.05) is 6.07 Å². The fourth-order valence-corrected chi connectivity index (χ4v) is 2.32. The van der Waals surface area contributed by atoms with Crippen molar-refractivity contribution in [1.29, 1.82) is 0 Å². The second-order valence-corrected chi connectivity index (χ2v) is 5.81. The van der Waals surface area contributed by atoms with E-state index in [-0.39, 0.29) is 16.7 Å². The van der Waals surface area contributed by atoms with E-state index in [1.807, 2.05) is 12.1 Å². The van der Waals surface area contributed by atoms with E-state index in [4.69, 9.17) is 4.74 Å². The summed E-state index contributed by atoms with van der Waals surface area (Å²) in [6.45, 7) is 1.75. The van der Waals surface area contributed by atoms with E-state index in [2.05, 4.69) is 20.9 Å². The number of fused-ring (bicyclic) bond motifs is 1. The van der Waals surface area contributed by atoms with E-state index in [0.29, 0.717) is 19.3 Å². The molecule has 4 nitrogen and oxygen atoms in total. The Bertz CT molecular complexity index is 613. The predicted molar refractivity (Wildman–Crippen MR) is 80.8 cm³/mol. The van der Waals surface area contributed by atoms with E-state index < -0.39 is 0 Å². The van der Waals surface area contributed by atoms with Crippen LogP contribution in [0.15, 0.2) is 30.5 Å². The lowest BCUT2D eigenvalue weighted by atomic mass is 10.0. The molecule has 0 fully saturated rings. The molecule has 0 aliphatic rings. The number of aromatic nitrogens is 1. The summed E-state index contributed by atoms with van der Waals surface area (Å²) in [5.41, 5.74) is 1.67. The zero-order valence-corrected chi connectivity index (χ0v) is 12.8. The van der Waals surface area contributed by atoms with Gasteiger partial charge in [0.05, 0.1) is 5.52 Å². The van der Waals surface area contributed by atoms with Crippen molar-refractivity contribution in [1.82, 2.24) is 4.98 Å². The minimum Gasteiger partial charge on any atom is -0.508 e. The summed E-state index contributed by atoms with van der Waals surface area (Å²) in [4.78, 5) is 15.7. The molecule has 0 saturated carbocycles. The number of phenolic OH excluding ortho intramolecular Hbond substituents is 1. The topological polar surface area (TPSA) is 59.4 Å². The molecule has 5 heteroatoms. The zero-order valence-electron chi connectivity index (χ0n) is 11.2. The molecule has 1 N–H and O–H groups in total. The third-order valence-electron chi connectivity index (χ3n) is 2.97. The molecule has 0 aliphatic heterocycles. The number of hydrogen-bond donors (Lipinski definition) is 1. The first kappa shape index (κ1) is 14.8. The van der Waals surface area contributed by atoms with Gasteiger partial charge < -0.3 is 9.84 Å². The van der Waals surface area contributed by atoms with E-state index in [9.17, 15) is 9.90 Å². The lowest BCUT2D eigenvalue weighted by Crippen LogP contribution is -2.09. The van der Waals surface area contributed by atoms with E-state index in [0.717, 1.165) is 16.5 Å². The quantitative estimate of drug-likeness (QED) is 0.669. The minimum absolute atomic E-state index is 0.243. The molecule has 0 aliphatic carbocycles. The Morgan fingerprint density at radius 2 is 2.25 bits per heavy atom. The maximum atomic E-state index is 11.5. The van der Waals surface area contributed by atoms with Crippen LogP contribution in [0.25, 0.3) is 10.9 Å². The van der Waals surface area contributed by atoms with Gasteiger partial charge in [-0.25, -0.2) is 0 Å². The Morgan fingerprint density at radius 3 is 3.00 bits per heavy atom. The third kappa shape index (κ3) is 3.70. The first-order valence-corrected chi connectivity index (χ1v) is 7.38. The smallest absolute Gasteiger partial charge is 0.306 e. The zero-order chi connectivity index (χ0) is 14.5. The molecular formula is C15H16BrNO3. The number of carbonyl (C=O) groups is 1. The van der Waals surface area contributed by atoms with Crippen molar-refractivity contribution in [2.75, 3.05) is 0 Å². The third-order valence-corrected chi connectivity index (χ3v) is 3.16. The van der Waals surface area contributed by atoms with Gasteiger partial charge in [-0.15, -0.1) is 0 Å². The van der Waals surface area contributed by atoms with Gasteiger partial charge in [0.15, 0.2) is 5.01 Å². The largest absolute Gasteiger partial charge is 0.508 e. The van der Waals surface area contributed by atoms with Gasteiger partial charge in [-0.3, -0.25) is 9.78 Å². The molecule has 0 spiro atoms. The Morgan fingerprint density at radius 1 is 1.45 bits per heavy atom. The van der Waals surface area contributed by atoms with Crippen molar-refractivity contribution in [3.05, 3.63) is 36.0 Å². The number of phenols is 1. The fourth-order valence-electron chi connectivity index (χ4n) is 2.11. The maximum absolute atomic E-state index is 11.5. The molecule has 0 bridgehead atoms. The van der Waals surface area contributed by atoms with Crippen LogP contribution in [-0.2, 0) is 16.0 Å². The van der Waals surface area contributed by atoms with Crippen molar-refractivity contribution < 1.29 is 14.6 Å². The molecular weight excluding hydrogens is 322 g/mol. The second-order valence-electron chi connectivity index (χ2n) is 4.52. The highest BCUT2D eigenvalue weighted by Crippen LogP contribution is 2.27. The summed E-state index contributed by atoms with van der Waals surface area (Å²) in [6, 6.07) is 7.20. The van der Waals surface area contributed by atoms with Crippen LogP contribution in [0.3, 0.4) is 0 Å². The molecule has 2 aromatic rings. The standard InChI is InChI=1S/C15H16BrNO3/c1-10(16)20-15(19)6-2-4-12-11-5-3-9-17-13(11)7-8-14(12)18/h3,5,7-10,18H,2,4,6H2,1H3. The van der Waals surface area contributed by atoms with Gasteiger partial charge >= 0.3 is 5.97 Å². The number of benzene rings is 1. The second kappa shape index (κ2) is 6.70. The van der Waals surface area contributed by atoms with Crippen LogP contribution in [-0.4, -0.2) is 21.1 Å². The van der Waals surface area contributed by atoms with Crippen molar-refractivity contribution in [2.24, 2.45) is 0 Å². The van der Waals surface area contributed by atoms with Crippen LogP contribution in [0.1, 0.15) is 25.3 Å². The molecule has 0 amide bonds. The van der Waals surface area contributed by atoms with Crippen molar-refractivity contribution in [3.8, 4) is 5.75 Å². The number of nitrogens with zero attached hydrogens (tertiary/aromatic N) is 1. The summed E-state index contributed by atoms with van der Waals surface area (Å²) >= 11 is 3.16. The molecule has 1 unspecified atom stereocenters. The number of ether oxygens (including phenoxy) is 1. The number of carbonyl (C=O) groups excluding carboxylic acids is 1. The Hall–Kier alpha value is -1.62. The normalized spacial score (nSPS) is 12.3. The van der Waals surface area contributed by atoms with Gasteiger partial charge in [0.25, 0.3) is 0 Å². The highest BCUT2D eigenvalue weighted by Gasteiger charge is 2.10. The number of aryl methyl sites for hydroxylation is 1. The van der Waals surface area contributed by atoms with E-state index >= 15 is 0 Å². The SMILES string of the molecule is CC(Br)OC(=O)CCCc1c(O)ccc2ncccc12. The molecule has 1 atom stereocenters. The molecule has 1 aromatic carbocycles. The summed E-state index contributed by atoms with van der Waals surface area (Å²) in [7, 11) is 0. The molecule has 20 heavy (non-hydrogen) atoms. The highest BCUT2D eigenvalue weighted by atomic mass is 79.9. The van der Waals surface area contributed by atoms with Gasteiger partial charge in [0, 0.05) is 23.6 Å². The van der Waals surface area contributed by atoms with Crippen LogP contribution >= 0.6 is 15.9 Å². The average molecular weight is 338 g/mol. The lowest BCUT2D eigenvalue weighted by Gasteiger charge is -2.09. The van der Waals surface area contributed by atoms with Gasteiger partial charge in [-0.05, 0) is 53.9 Å². The maximum Gasteiger partial charge on any atom is 0.306 e. The number of esters is 1. The summed E-state index contributed by atoms with van der Waals surface area (Å²) in [5, 5.41) is 10.6. The average Bonchev–Trinajstić information content (AvgIpc) is 2.40. The van der Waals surface area contributed by atoms with Crippen molar-refractivity contribution in [3.63, 3.8) is 0 Å². The molecule has 1 heterocycles. The molecule has 0 saturated heterocycles. The minimum atomic E-state index is -0.273. The van der Waals surface area contributed by atoms with E-state index in [1.165, 1.54) is 0 Å². The first-order chi connectivity index (χ1) is 9.58. The number of aromatic hydroxyl groups is 1. The van der Waals surface area contributed by atoms with Crippen LogP contribution in [0, 0.1) is 0 Å². The lowest BCUT2D eigenvalue weighted by molar-refractivity contribution is -0.144. The van der Waals surface area contributed by atoms with Gasteiger partial charge in [0.1, 0.15) is 5.75 Å². The Kier molecular flexibility index (Phi) is 4.95. The molecule has 106 valence electrons. The van der Waals surface area contributed by atoms with Crippen LogP contribution in [0.4, 0.5) is 0 Å². The summed E-state index contributed by atoms with van der Waals surface area (Å²) < 4.78 is 5.01. The van der Waals surface area contributed by atoms with Crippen LogP contribution in [0.2, 0.25) is 0 Å². The van der Waals surface area contributed by atoms with Gasteiger partial charge in [-0.2, -0.15) is 0 Å². The first-order valence-electron chi connectivity index (χ1n) is 6.47. The fraction of sp³-hybridized carbons (Fsp3) is 0.333.